The Balaban J connectivity index is 1.56. The highest BCUT2D eigenvalue weighted by Gasteiger charge is 2.21. The summed E-state index contributed by atoms with van der Waals surface area (Å²) < 4.78 is 11.1. The number of amides is 3. The molecule has 0 saturated carbocycles. The van der Waals surface area contributed by atoms with E-state index in [1.54, 1.807) is 47.4 Å². The van der Waals surface area contributed by atoms with Gasteiger partial charge in [-0.25, -0.2) is 0 Å². The van der Waals surface area contributed by atoms with Crippen LogP contribution in [-0.4, -0.2) is 38.0 Å². The number of carbonyl (C=O) groups excluding carboxylic acids is 3. The van der Waals surface area contributed by atoms with Crippen LogP contribution in [0.2, 0.25) is 0 Å². The van der Waals surface area contributed by atoms with Crippen molar-refractivity contribution in [1.82, 2.24) is 10.9 Å². The lowest BCUT2D eigenvalue weighted by Crippen LogP contribution is -2.41. The molecule has 3 rings (SSSR count). The predicted octanol–water partition coefficient (Wildman–Crippen LogP) is 3.32. The van der Waals surface area contributed by atoms with E-state index in [4.69, 9.17) is 9.47 Å². The van der Waals surface area contributed by atoms with Crippen LogP contribution in [0.1, 0.15) is 53.8 Å². The summed E-state index contributed by atoms with van der Waals surface area (Å²) in [6, 6.07) is 11.5. The van der Waals surface area contributed by atoms with Crippen LogP contribution in [0.25, 0.3) is 0 Å². The van der Waals surface area contributed by atoms with Crippen molar-refractivity contribution in [3.8, 4) is 11.5 Å². The molecule has 2 aromatic carbocycles. The van der Waals surface area contributed by atoms with E-state index in [2.05, 4.69) is 24.7 Å². The molecule has 1 aliphatic rings. The Morgan fingerprint density at radius 2 is 1.66 bits per heavy atom. The summed E-state index contributed by atoms with van der Waals surface area (Å²) in [5.41, 5.74) is 6.25. The van der Waals surface area contributed by atoms with Gasteiger partial charge < -0.3 is 14.4 Å². The molecule has 0 spiro atoms. The molecule has 0 atom stereocenters. The molecule has 1 fully saturated rings. The van der Waals surface area contributed by atoms with Crippen LogP contribution in [0, 0.1) is 5.92 Å². The fourth-order valence-electron chi connectivity index (χ4n) is 3.30. The van der Waals surface area contributed by atoms with Crippen LogP contribution < -0.4 is 25.2 Å². The lowest BCUT2D eigenvalue weighted by Gasteiger charge is -2.16. The van der Waals surface area contributed by atoms with Crippen molar-refractivity contribution in [2.24, 2.45) is 5.92 Å². The molecule has 1 heterocycles. The van der Waals surface area contributed by atoms with E-state index in [0.29, 0.717) is 48.1 Å². The van der Waals surface area contributed by atoms with Crippen LogP contribution in [-0.2, 0) is 4.79 Å². The minimum atomic E-state index is -0.482. The van der Waals surface area contributed by atoms with Gasteiger partial charge in [0.1, 0.15) is 0 Å². The Hall–Kier alpha value is -3.55. The van der Waals surface area contributed by atoms with E-state index < -0.39 is 11.8 Å². The minimum Gasteiger partial charge on any atom is -0.493 e. The quantitative estimate of drug-likeness (QED) is 0.615. The van der Waals surface area contributed by atoms with Gasteiger partial charge in [-0.1, -0.05) is 13.8 Å². The molecule has 1 saturated heterocycles. The molecule has 2 aromatic rings. The van der Waals surface area contributed by atoms with Gasteiger partial charge in [0, 0.05) is 29.8 Å². The molecular weight excluding hydrogens is 410 g/mol. The smallest absolute Gasteiger partial charge is 0.269 e. The molecular formula is C24H29N3O5. The number of rotatable bonds is 8. The lowest BCUT2D eigenvalue weighted by atomic mass is 10.1. The summed E-state index contributed by atoms with van der Waals surface area (Å²) in [5.74, 6) is 0.669. The SMILES string of the molecule is COc1cc(C(=O)NNC(=O)c2ccc(N3CCCC3=O)cc2)ccc1OCCC(C)C. The molecule has 170 valence electrons. The van der Waals surface area contributed by atoms with Gasteiger partial charge in [0.2, 0.25) is 5.91 Å². The zero-order chi connectivity index (χ0) is 23.1. The zero-order valence-corrected chi connectivity index (χ0v) is 18.6. The number of ether oxygens (including phenoxy) is 2. The third-order valence-electron chi connectivity index (χ3n) is 5.18. The monoisotopic (exact) mass is 439 g/mol. The van der Waals surface area contributed by atoms with E-state index in [9.17, 15) is 14.4 Å². The summed E-state index contributed by atoms with van der Waals surface area (Å²) >= 11 is 0. The highest BCUT2D eigenvalue weighted by molar-refractivity contribution is 6.00. The fraction of sp³-hybridized carbons (Fsp3) is 0.375. The van der Waals surface area contributed by atoms with Crippen LogP contribution in [0.4, 0.5) is 5.69 Å². The number of carbonyl (C=O) groups is 3. The number of nitrogens with one attached hydrogen (secondary N) is 2. The van der Waals surface area contributed by atoms with Crippen molar-refractivity contribution in [2.45, 2.75) is 33.1 Å². The van der Waals surface area contributed by atoms with Gasteiger partial charge >= 0.3 is 0 Å². The summed E-state index contributed by atoms with van der Waals surface area (Å²) in [6.45, 7) is 5.47. The molecule has 1 aliphatic heterocycles. The van der Waals surface area contributed by atoms with Crippen molar-refractivity contribution in [3.05, 3.63) is 53.6 Å². The second-order valence-electron chi connectivity index (χ2n) is 8.00. The van der Waals surface area contributed by atoms with E-state index in [0.717, 1.165) is 18.5 Å². The molecule has 8 heteroatoms. The van der Waals surface area contributed by atoms with E-state index in [-0.39, 0.29) is 5.91 Å². The molecule has 8 nitrogen and oxygen atoms in total. The number of hydrogen-bond donors (Lipinski definition) is 2. The Morgan fingerprint density at radius 1 is 1.00 bits per heavy atom. The van der Waals surface area contributed by atoms with Gasteiger partial charge in [-0.3, -0.25) is 25.2 Å². The number of anilines is 1. The first-order valence-electron chi connectivity index (χ1n) is 10.7. The van der Waals surface area contributed by atoms with Crippen molar-refractivity contribution in [3.63, 3.8) is 0 Å². The number of nitrogens with zero attached hydrogens (tertiary/aromatic N) is 1. The molecule has 0 bridgehead atoms. The van der Waals surface area contributed by atoms with Gasteiger partial charge in [-0.15, -0.1) is 0 Å². The first kappa shape index (κ1) is 23.1. The highest BCUT2D eigenvalue weighted by atomic mass is 16.5. The standard InChI is InChI=1S/C24H29N3O5/c1-16(2)12-14-32-20-11-8-18(15-21(20)31-3)24(30)26-25-23(29)17-6-9-19(10-7-17)27-13-4-5-22(27)28/h6-11,15-16H,4-5,12-14H2,1-3H3,(H,25,29)(H,26,30). The third kappa shape index (κ3) is 5.78. The first-order chi connectivity index (χ1) is 15.4. The number of hydrazine groups is 1. The van der Waals surface area contributed by atoms with Gasteiger partial charge in [-0.05, 0) is 61.2 Å². The summed E-state index contributed by atoms with van der Waals surface area (Å²) in [5, 5.41) is 0. The molecule has 32 heavy (non-hydrogen) atoms. The van der Waals surface area contributed by atoms with E-state index >= 15 is 0 Å². The summed E-state index contributed by atoms with van der Waals surface area (Å²) in [6.07, 6.45) is 2.29. The second kappa shape index (κ2) is 10.7. The predicted molar refractivity (Wildman–Crippen MR) is 121 cm³/mol. The zero-order valence-electron chi connectivity index (χ0n) is 18.6. The first-order valence-corrected chi connectivity index (χ1v) is 10.7. The molecule has 0 radical (unpaired) electrons. The topological polar surface area (TPSA) is 97.0 Å². The summed E-state index contributed by atoms with van der Waals surface area (Å²) in [7, 11) is 1.51. The van der Waals surface area contributed by atoms with E-state index in [1.807, 2.05) is 0 Å². The maximum atomic E-state index is 12.5. The highest BCUT2D eigenvalue weighted by Crippen LogP contribution is 2.28. The normalized spacial score (nSPS) is 13.2. The Morgan fingerprint density at radius 3 is 2.25 bits per heavy atom. The van der Waals surface area contributed by atoms with Crippen molar-refractivity contribution in [2.75, 3.05) is 25.2 Å². The molecule has 0 unspecified atom stereocenters. The Kier molecular flexibility index (Phi) is 7.70. The third-order valence-corrected chi connectivity index (χ3v) is 5.18. The fourth-order valence-corrected chi connectivity index (χ4v) is 3.30. The van der Waals surface area contributed by atoms with Crippen LogP contribution in [0.15, 0.2) is 42.5 Å². The van der Waals surface area contributed by atoms with Gasteiger partial charge in [0.15, 0.2) is 11.5 Å². The maximum Gasteiger partial charge on any atom is 0.269 e. The second-order valence-corrected chi connectivity index (χ2v) is 8.00. The average Bonchev–Trinajstić information content (AvgIpc) is 3.23. The van der Waals surface area contributed by atoms with Crippen LogP contribution in [0.5, 0.6) is 11.5 Å². The van der Waals surface area contributed by atoms with E-state index in [1.165, 1.54) is 7.11 Å². The Labute approximate surface area is 187 Å². The van der Waals surface area contributed by atoms with Crippen LogP contribution >= 0.6 is 0 Å². The molecule has 2 N–H and O–H groups in total. The largest absolute Gasteiger partial charge is 0.493 e. The minimum absolute atomic E-state index is 0.0845. The van der Waals surface area contributed by atoms with Crippen LogP contribution in [0.3, 0.4) is 0 Å². The van der Waals surface area contributed by atoms with Gasteiger partial charge in [0.25, 0.3) is 11.8 Å². The van der Waals surface area contributed by atoms with Gasteiger partial charge in [0.05, 0.1) is 13.7 Å². The maximum absolute atomic E-state index is 12.5. The Bertz CT molecular complexity index is 972. The summed E-state index contributed by atoms with van der Waals surface area (Å²) in [4.78, 5) is 38.4. The number of hydrogen-bond acceptors (Lipinski definition) is 5. The number of methoxy groups -OCH3 is 1. The van der Waals surface area contributed by atoms with Crippen molar-refractivity contribution < 1.29 is 23.9 Å². The van der Waals surface area contributed by atoms with Crippen molar-refractivity contribution in [1.29, 1.82) is 0 Å². The average molecular weight is 440 g/mol. The number of benzene rings is 2. The molecule has 0 aliphatic carbocycles. The molecule has 3 amide bonds. The van der Waals surface area contributed by atoms with Gasteiger partial charge in [-0.2, -0.15) is 0 Å². The lowest BCUT2D eigenvalue weighted by molar-refractivity contribution is -0.117. The molecule has 0 aromatic heterocycles. The van der Waals surface area contributed by atoms with Crippen molar-refractivity contribution >= 4 is 23.4 Å².